The van der Waals surface area contributed by atoms with E-state index in [-0.39, 0.29) is 11.3 Å². The number of nitrogens with two attached hydrogens (primary N) is 1. The standard InChI is InChI=1S/C10H13N3O5/c1-4-8(5(2)18-13-4)9(15)12-6(10(16)17)3-7(11)14/h6H,3H2,1-2H3,(H2,11,14)(H,12,15)(H,16,17)/t6-/m0/s1. The Labute approximate surface area is 102 Å². The van der Waals surface area contributed by atoms with Gasteiger partial charge in [0.05, 0.1) is 12.1 Å². The van der Waals surface area contributed by atoms with E-state index in [0.29, 0.717) is 5.69 Å². The molecule has 0 aliphatic heterocycles. The van der Waals surface area contributed by atoms with Gasteiger partial charge in [0, 0.05) is 0 Å². The number of carbonyl (C=O) groups is 3. The molecule has 0 radical (unpaired) electrons. The third-order valence-corrected chi connectivity index (χ3v) is 2.27. The third kappa shape index (κ3) is 3.06. The van der Waals surface area contributed by atoms with Gasteiger partial charge in [-0.05, 0) is 13.8 Å². The van der Waals surface area contributed by atoms with E-state index in [2.05, 4.69) is 10.5 Å². The van der Waals surface area contributed by atoms with Crippen LogP contribution in [0.1, 0.15) is 28.2 Å². The lowest BCUT2D eigenvalue weighted by Gasteiger charge is -2.12. The van der Waals surface area contributed by atoms with Crippen molar-refractivity contribution in [2.75, 3.05) is 0 Å². The molecule has 18 heavy (non-hydrogen) atoms. The second-order valence-corrected chi connectivity index (χ2v) is 3.73. The maximum Gasteiger partial charge on any atom is 0.326 e. The molecule has 8 nitrogen and oxygen atoms in total. The smallest absolute Gasteiger partial charge is 0.326 e. The van der Waals surface area contributed by atoms with Crippen LogP contribution in [0.25, 0.3) is 0 Å². The van der Waals surface area contributed by atoms with Crippen molar-refractivity contribution in [1.82, 2.24) is 10.5 Å². The number of rotatable bonds is 5. The maximum absolute atomic E-state index is 11.8. The summed E-state index contributed by atoms with van der Waals surface area (Å²) >= 11 is 0. The summed E-state index contributed by atoms with van der Waals surface area (Å²) in [6, 6.07) is -1.37. The van der Waals surface area contributed by atoms with Gasteiger partial charge in [0.25, 0.3) is 5.91 Å². The Kier molecular flexibility index (Phi) is 4.03. The van der Waals surface area contributed by atoms with E-state index in [1.165, 1.54) is 6.92 Å². The first-order valence-corrected chi connectivity index (χ1v) is 5.07. The topological polar surface area (TPSA) is 136 Å². The summed E-state index contributed by atoms with van der Waals surface area (Å²) in [7, 11) is 0. The minimum atomic E-state index is -1.37. The molecule has 1 rings (SSSR count). The molecule has 1 heterocycles. The number of carboxylic acid groups (broad SMARTS) is 1. The van der Waals surface area contributed by atoms with Crippen molar-refractivity contribution < 1.29 is 24.0 Å². The van der Waals surface area contributed by atoms with Gasteiger partial charge in [-0.2, -0.15) is 0 Å². The van der Waals surface area contributed by atoms with Crippen molar-refractivity contribution in [3.8, 4) is 0 Å². The van der Waals surface area contributed by atoms with Crippen LogP contribution in [0.2, 0.25) is 0 Å². The first-order valence-electron chi connectivity index (χ1n) is 5.07. The molecule has 0 aromatic carbocycles. The van der Waals surface area contributed by atoms with Crippen molar-refractivity contribution in [3.63, 3.8) is 0 Å². The fourth-order valence-corrected chi connectivity index (χ4v) is 1.44. The van der Waals surface area contributed by atoms with E-state index in [1.54, 1.807) is 6.92 Å². The van der Waals surface area contributed by atoms with Crippen molar-refractivity contribution in [2.24, 2.45) is 5.73 Å². The van der Waals surface area contributed by atoms with Gasteiger partial charge in [-0.25, -0.2) is 4.79 Å². The summed E-state index contributed by atoms with van der Waals surface area (Å²) in [6.45, 7) is 3.08. The molecule has 0 aliphatic carbocycles. The van der Waals surface area contributed by atoms with E-state index >= 15 is 0 Å². The molecule has 0 aliphatic rings. The van der Waals surface area contributed by atoms with Gasteiger partial charge in [-0.3, -0.25) is 9.59 Å². The Morgan fingerprint density at radius 3 is 2.44 bits per heavy atom. The monoisotopic (exact) mass is 255 g/mol. The summed E-state index contributed by atoms with van der Waals surface area (Å²) < 4.78 is 4.79. The molecule has 4 N–H and O–H groups in total. The second-order valence-electron chi connectivity index (χ2n) is 3.73. The highest BCUT2D eigenvalue weighted by Gasteiger charge is 2.25. The highest BCUT2D eigenvalue weighted by molar-refractivity contribution is 5.99. The molecular formula is C10H13N3O5. The molecule has 0 unspecified atom stereocenters. The SMILES string of the molecule is Cc1noc(C)c1C(=O)N[C@@H](CC(N)=O)C(=O)O. The quantitative estimate of drug-likeness (QED) is 0.639. The molecule has 0 bridgehead atoms. The van der Waals surface area contributed by atoms with Crippen LogP contribution >= 0.6 is 0 Å². The van der Waals surface area contributed by atoms with Gasteiger partial charge in [-0.1, -0.05) is 5.16 Å². The van der Waals surface area contributed by atoms with E-state index in [1.807, 2.05) is 0 Å². The Hall–Kier alpha value is -2.38. The van der Waals surface area contributed by atoms with Gasteiger partial charge in [0.1, 0.15) is 17.4 Å². The number of amides is 2. The summed E-state index contributed by atoms with van der Waals surface area (Å²) in [5.74, 6) is -2.55. The Bertz CT molecular complexity index is 474. The summed E-state index contributed by atoms with van der Waals surface area (Å²) in [5, 5.41) is 14.6. The van der Waals surface area contributed by atoms with Crippen LogP contribution in [0, 0.1) is 13.8 Å². The number of primary amides is 1. The average molecular weight is 255 g/mol. The molecule has 1 aromatic heterocycles. The number of hydrogen-bond donors (Lipinski definition) is 3. The lowest BCUT2D eigenvalue weighted by molar-refractivity contribution is -0.140. The van der Waals surface area contributed by atoms with Gasteiger partial charge in [0.2, 0.25) is 5.91 Å². The van der Waals surface area contributed by atoms with Crippen molar-refractivity contribution in [1.29, 1.82) is 0 Å². The van der Waals surface area contributed by atoms with Crippen molar-refractivity contribution in [2.45, 2.75) is 26.3 Å². The van der Waals surface area contributed by atoms with E-state index in [9.17, 15) is 14.4 Å². The highest BCUT2D eigenvalue weighted by Crippen LogP contribution is 2.12. The van der Waals surface area contributed by atoms with Gasteiger partial charge < -0.3 is 20.7 Å². The highest BCUT2D eigenvalue weighted by atomic mass is 16.5. The molecule has 0 spiro atoms. The number of aromatic nitrogens is 1. The van der Waals surface area contributed by atoms with Crippen LogP contribution in [0.3, 0.4) is 0 Å². The molecule has 0 saturated carbocycles. The van der Waals surface area contributed by atoms with Crippen LogP contribution in [0.5, 0.6) is 0 Å². The summed E-state index contributed by atoms with van der Waals surface area (Å²) in [6.07, 6.45) is -0.482. The largest absolute Gasteiger partial charge is 0.480 e. The van der Waals surface area contributed by atoms with Crippen LogP contribution in [-0.2, 0) is 9.59 Å². The molecule has 2 amide bonds. The molecule has 0 saturated heterocycles. The minimum absolute atomic E-state index is 0.158. The number of aryl methyl sites for hydroxylation is 2. The molecule has 1 aromatic rings. The van der Waals surface area contributed by atoms with E-state index in [0.717, 1.165) is 0 Å². The fourth-order valence-electron chi connectivity index (χ4n) is 1.44. The number of carbonyl (C=O) groups excluding carboxylic acids is 2. The zero-order valence-corrected chi connectivity index (χ0v) is 9.89. The normalized spacial score (nSPS) is 11.9. The van der Waals surface area contributed by atoms with Crippen molar-refractivity contribution in [3.05, 3.63) is 17.0 Å². The molecule has 1 atom stereocenters. The van der Waals surface area contributed by atoms with Gasteiger partial charge >= 0.3 is 5.97 Å². The first-order chi connectivity index (χ1) is 8.32. The molecular weight excluding hydrogens is 242 g/mol. The molecule has 8 heteroatoms. The first kappa shape index (κ1) is 13.7. The average Bonchev–Trinajstić information content (AvgIpc) is 2.56. The Morgan fingerprint density at radius 2 is 2.06 bits per heavy atom. The summed E-state index contributed by atoms with van der Waals surface area (Å²) in [5.41, 5.74) is 5.40. The Balaban J connectivity index is 2.85. The van der Waals surface area contributed by atoms with E-state index in [4.69, 9.17) is 15.4 Å². The van der Waals surface area contributed by atoms with Gasteiger partial charge in [0.15, 0.2) is 0 Å². The fraction of sp³-hybridized carbons (Fsp3) is 0.400. The number of nitrogens with one attached hydrogen (secondary N) is 1. The van der Waals surface area contributed by atoms with Crippen LogP contribution < -0.4 is 11.1 Å². The number of hydrogen-bond acceptors (Lipinski definition) is 5. The predicted molar refractivity (Wildman–Crippen MR) is 58.7 cm³/mol. The summed E-state index contributed by atoms with van der Waals surface area (Å²) in [4.78, 5) is 33.4. The zero-order chi connectivity index (χ0) is 13.9. The third-order valence-electron chi connectivity index (χ3n) is 2.27. The second kappa shape index (κ2) is 5.30. The maximum atomic E-state index is 11.8. The van der Waals surface area contributed by atoms with E-state index < -0.39 is 30.2 Å². The Morgan fingerprint density at radius 1 is 1.44 bits per heavy atom. The van der Waals surface area contributed by atoms with Crippen LogP contribution in [0.15, 0.2) is 4.52 Å². The van der Waals surface area contributed by atoms with Crippen LogP contribution in [0.4, 0.5) is 0 Å². The van der Waals surface area contributed by atoms with Crippen molar-refractivity contribution >= 4 is 17.8 Å². The molecule has 98 valence electrons. The number of aliphatic carboxylic acids is 1. The lowest BCUT2D eigenvalue weighted by atomic mass is 10.1. The number of nitrogens with zero attached hydrogens (tertiary/aromatic N) is 1. The zero-order valence-electron chi connectivity index (χ0n) is 9.89. The number of carboxylic acids is 1. The van der Waals surface area contributed by atoms with Crippen LogP contribution in [-0.4, -0.2) is 34.1 Å². The minimum Gasteiger partial charge on any atom is -0.480 e. The predicted octanol–water partition coefficient (Wildman–Crippen LogP) is -0.650. The van der Waals surface area contributed by atoms with Gasteiger partial charge in [-0.15, -0.1) is 0 Å². The lowest BCUT2D eigenvalue weighted by Crippen LogP contribution is -2.43. The molecule has 0 fully saturated rings.